The van der Waals surface area contributed by atoms with Gasteiger partial charge in [-0.1, -0.05) is 6.92 Å². The lowest BCUT2D eigenvalue weighted by Crippen LogP contribution is -2.47. The van der Waals surface area contributed by atoms with Crippen molar-refractivity contribution < 1.29 is 24.2 Å². The molecule has 2 aliphatic rings. The third kappa shape index (κ3) is 4.70. The van der Waals surface area contributed by atoms with Crippen LogP contribution in [0.15, 0.2) is 42.7 Å². The molecule has 2 amide bonds. The number of anilines is 1. The molecule has 2 aromatic rings. The SMILES string of the molecule is CCCNC(=O)C[C@@H]1C[C@H]2c3cc(NC(=O)c4cccnc4)ccc3O[C@H]2[C@H](CO)O1. The first-order valence-electron chi connectivity index (χ1n) is 10.6. The summed E-state index contributed by atoms with van der Waals surface area (Å²) in [5.41, 5.74) is 2.08. The minimum absolute atomic E-state index is 0.0277. The molecule has 0 radical (unpaired) electrons. The van der Waals surface area contributed by atoms with Gasteiger partial charge in [0.2, 0.25) is 5.91 Å². The van der Waals surface area contributed by atoms with Crippen molar-refractivity contribution in [2.24, 2.45) is 0 Å². The average molecular weight is 425 g/mol. The summed E-state index contributed by atoms with van der Waals surface area (Å²) in [7, 11) is 0. The van der Waals surface area contributed by atoms with Gasteiger partial charge in [0.1, 0.15) is 18.0 Å². The molecule has 3 heterocycles. The molecule has 1 aromatic heterocycles. The number of ether oxygens (including phenoxy) is 2. The number of aliphatic hydroxyl groups is 1. The van der Waals surface area contributed by atoms with E-state index in [1.807, 2.05) is 19.1 Å². The van der Waals surface area contributed by atoms with Gasteiger partial charge in [0.25, 0.3) is 5.91 Å². The highest BCUT2D eigenvalue weighted by molar-refractivity contribution is 6.04. The zero-order valence-corrected chi connectivity index (χ0v) is 17.4. The maximum atomic E-state index is 12.5. The number of nitrogens with one attached hydrogen (secondary N) is 2. The molecule has 8 heteroatoms. The lowest BCUT2D eigenvalue weighted by atomic mass is 9.84. The van der Waals surface area contributed by atoms with Crippen LogP contribution in [0.4, 0.5) is 5.69 Å². The Bertz CT molecular complexity index is 936. The van der Waals surface area contributed by atoms with E-state index in [2.05, 4.69) is 15.6 Å². The van der Waals surface area contributed by atoms with Crippen molar-refractivity contribution in [3.05, 3.63) is 53.9 Å². The molecule has 1 fully saturated rings. The largest absolute Gasteiger partial charge is 0.487 e. The Morgan fingerprint density at radius 2 is 2.16 bits per heavy atom. The fourth-order valence-electron chi connectivity index (χ4n) is 4.21. The quantitative estimate of drug-likeness (QED) is 0.628. The third-order valence-corrected chi connectivity index (χ3v) is 5.67. The molecule has 1 saturated heterocycles. The Hall–Kier alpha value is -2.97. The second-order valence-electron chi connectivity index (χ2n) is 7.91. The van der Waals surface area contributed by atoms with Crippen LogP contribution in [0.3, 0.4) is 0 Å². The Morgan fingerprint density at radius 3 is 2.90 bits per heavy atom. The van der Waals surface area contributed by atoms with Crippen molar-refractivity contribution in [1.82, 2.24) is 10.3 Å². The molecule has 0 spiro atoms. The number of pyridine rings is 1. The molecule has 8 nitrogen and oxygen atoms in total. The average Bonchev–Trinajstić information content (AvgIpc) is 3.15. The molecular formula is C23H27N3O5. The number of nitrogens with zero attached hydrogens (tertiary/aromatic N) is 1. The van der Waals surface area contributed by atoms with Crippen LogP contribution < -0.4 is 15.4 Å². The van der Waals surface area contributed by atoms with Gasteiger partial charge in [-0.15, -0.1) is 0 Å². The number of aromatic nitrogens is 1. The summed E-state index contributed by atoms with van der Waals surface area (Å²) in [5.74, 6) is 0.389. The number of hydrogen-bond acceptors (Lipinski definition) is 6. The van der Waals surface area contributed by atoms with Crippen molar-refractivity contribution >= 4 is 17.5 Å². The van der Waals surface area contributed by atoms with Crippen molar-refractivity contribution in [2.45, 2.75) is 50.4 Å². The second-order valence-corrected chi connectivity index (χ2v) is 7.91. The molecule has 4 rings (SSSR count). The summed E-state index contributed by atoms with van der Waals surface area (Å²) in [6, 6.07) is 8.93. The van der Waals surface area contributed by atoms with Gasteiger partial charge < -0.3 is 25.2 Å². The molecular weight excluding hydrogens is 398 g/mol. The first kappa shape index (κ1) is 21.3. The summed E-state index contributed by atoms with van der Waals surface area (Å²) in [6.07, 6.45) is 3.71. The van der Waals surface area contributed by atoms with Crippen molar-refractivity contribution in [1.29, 1.82) is 0 Å². The molecule has 31 heavy (non-hydrogen) atoms. The van der Waals surface area contributed by atoms with E-state index in [1.165, 1.54) is 6.20 Å². The number of hydrogen-bond donors (Lipinski definition) is 3. The second kappa shape index (κ2) is 9.45. The number of fused-ring (bicyclic) bond motifs is 3. The van der Waals surface area contributed by atoms with E-state index in [0.717, 1.165) is 12.0 Å². The van der Waals surface area contributed by atoms with E-state index >= 15 is 0 Å². The van der Waals surface area contributed by atoms with Gasteiger partial charge in [-0.05, 0) is 43.2 Å². The number of carbonyl (C=O) groups excluding carboxylic acids is 2. The molecule has 0 aliphatic carbocycles. The molecule has 3 N–H and O–H groups in total. The highest BCUT2D eigenvalue weighted by Crippen LogP contribution is 2.47. The maximum Gasteiger partial charge on any atom is 0.257 e. The van der Waals surface area contributed by atoms with Crippen LogP contribution in [-0.2, 0) is 9.53 Å². The lowest BCUT2D eigenvalue weighted by Gasteiger charge is -2.37. The zero-order valence-electron chi connectivity index (χ0n) is 17.4. The van der Waals surface area contributed by atoms with Crippen LogP contribution in [-0.4, -0.2) is 53.4 Å². The smallest absolute Gasteiger partial charge is 0.257 e. The predicted molar refractivity (Wildman–Crippen MR) is 114 cm³/mol. The Kier molecular flexibility index (Phi) is 6.48. The van der Waals surface area contributed by atoms with Crippen molar-refractivity contribution in [2.75, 3.05) is 18.5 Å². The first-order chi connectivity index (χ1) is 15.1. The normalized spacial score (nSPS) is 23.9. The lowest BCUT2D eigenvalue weighted by molar-refractivity contribution is -0.142. The molecule has 1 aromatic carbocycles. The van der Waals surface area contributed by atoms with Gasteiger partial charge >= 0.3 is 0 Å². The molecule has 164 valence electrons. The minimum atomic E-state index is -0.511. The Morgan fingerprint density at radius 1 is 1.29 bits per heavy atom. The van der Waals surface area contributed by atoms with Crippen LogP contribution in [0.2, 0.25) is 0 Å². The number of amides is 2. The van der Waals surface area contributed by atoms with E-state index < -0.39 is 6.10 Å². The summed E-state index contributed by atoms with van der Waals surface area (Å²) >= 11 is 0. The fourth-order valence-corrected chi connectivity index (χ4v) is 4.21. The van der Waals surface area contributed by atoms with Gasteiger partial charge in [0, 0.05) is 36.1 Å². The first-order valence-corrected chi connectivity index (χ1v) is 10.6. The van der Waals surface area contributed by atoms with Gasteiger partial charge in [0.15, 0.2) is 0 Å². The van der Waals surface area contributed by atoms with Crippen molar-refractivity contribution in [3.8, 4) is 5.75 Å². The van der Waals surface area contributed by atoms with Gasteiger partial charge in [-0.25, -0.2) is 0 Å². The summed E-state index contributed by atoms with van der Waals surface area (Å²) < 4.78 is 12.0. The van der Waals surface area contributed by atoms with Gasteiger partial charge in [-0.3, -0.25) is 14.6 Å². The maximum absolute atomic E-state index is 12.5. The number of aliphatic hydroxyl groups excluding tert-OH is 1. The van der Waals surface area contributed by atoms with Crippen LogP contribution in [0.1, 0.15) is 48.0 Å². The third-order valence-electron chi connectivity index (χ3n) is 5.67. The molecule has 0 unspecified atom stereocenters. The predicted octanol–water partition coefficient (Wildman–Crippen LogP) is 2.24. The monoisotopic (exact) mass is 425 g/mol. The topological polar surface area (TPSA) is 110 Å². The summed E-state index contributed by atoms with van der Waals surface area (Å²) in [5, 5.41) is 15.6. The van der Waals surface area contributed by atoms with Gasteiger partial charge in [-0.2, -0.15) is 0 Å². The Labute approximate surface area is 181 Å². The van der Waals surface area contributed by atoms with E-state index in [1.54, 1.807) is 24.4 Å². The van der Waals surface area contributed by atoms with Crippen LogP contribution >= 0.6 is 0 Å². The van der Waals surface area contributed by atoms with Crippen LogP contribution in [0.5, 0.6) is 5.75 Å². The Balaban J connectivity index is 1.50. The molecule has 2 aliphatic heterocycles. The number of rotatable bonds is 7. The van der Waals surface area contributed by atoms with Gasteiger partial charge in [0.05, 0.1) is 24.7 Å². The number of carbonyl (C=O) groups is 2. The van der Waals surface area contributed by atoms with Crippen LogP contribution in [0, 0.1) is 0 Å². The standard InChI is InChI=1S/C23H27N3O5/c1-2-7-25-21(28)11-16-10-18-17-9-15(26-23(29)14-4-3-8-24-12-14)5-6-19(17)31-22(18)20(13-27)30-16/h3-6,8-9,12,16,18,20,22,27H,2,7,10-11,13H2,1H3,(H,25,28)(H,26,29)/t16-,18-,20-,22+/m0/s1. The summed E-state index contributed by atoms with van der Waals surface area (Å²) in [6.45, 7) is 2.45. The van der Waals surface area contributed by atoms with Crippen LogP contribution in [0.25, 0.3) is 0 Å². The number of benzene rings is 1. The zero-order chi connectivity index (χ0) is 21.8. The van der Waals surface area contributed by atoms with E-state index in [0.29, 0.717) is 30.0 Å². The summed E-state index contributed by atoms with van der Waals surface area (Å²) in [4.78, 5) is 28.6. The van der Waals surface area contributed by atoms with E-state index in [-0.39, 0.29) is 43.0 Å². The van der Waals surface area contributed by atoms with E-state index in [9.17, 15) is 14.7 Å². The van der Waals surface area contributed by atoms with E-state index in [4.69, 9.17) is 9.47 Å². The highest BCUT2D eigenvalue weighted by Gasteiger charge is 2.46. The fraction of sp³-hybridized carbons (Fsp3) is 0.435. The molecule has 4 atom stereocenters. The minimum Gasteiger partial charge on any atom is -0.487 e. The molecule has 0 saturated carbocycles. The molecule has 0 bridgehead atoms. The highest BCUT2D eigenvalue weighted by atomic mass is 16.6. The van der Waals surface area contributed by atoms with Crippen molar-refractivity contribution in [3.63, 3.8) is 0 Å².